The van der Waals surface area contributed by atoms with Crippen molar-refractivity contribution >= 4 is 17.7 Å². The molecule has 1 amide bonds. The van der Waals surface area contributed by atoms with Crippen LogP contribution < -0.4 is 11.3 Å². The van der Waals surface area contributed by atoms with Gasteiger partial charge < -0.3 is 5.11 Å². The quantitative estimate of drug-likeness (QED) is 0.416. The number of rotatable bonds is 6. The van der Waals surface area contributed by atoms with E-state index in [1.165, 1.54) is 30.0 Å². The molecule has 0 aromatic heterocycles. The monoisotopic (exact) mass is 272 g/mol. The highest BCUT2D eigenvalue weighted by Gasteiger charge is 2.10. The van der Waals surface area contributed by atoms with E-state index < -0.39 is 5.91 Å². The summed E-state index contributed by atoms with van der Waals surface area (Å²) in [6, 6.07) is 4.15. The number of amides is 1. The molecule has 0 bridgehead atoms. The van der Waals surface area contributed by atoms with Gasteiger partial charge in [-0.05, 0) is 30.2 Å². The Labute approximate surface area is 110 Å². The van der Waals surface area contributed by atoms with Crippen LogP contribution in [0, 0.1) is 5.82 Å². The molecule has 0 aliphatic heterocycles. The fourth-order valence-corrected chi connectivity index (χ4v) is 2.36. The third-order valence-electron chi connectivity index (χ3n) is 2.50. The zero-order valence-electron chi connectivity index (χ0n) is 10.1. The van der Waals surface area contributed by atoms with Crippen molar-refractivity contribution in [3.8, 4) is 0 Å². The van der Waals surface area contributed by atoms with Crippen molar-refractivity contribution in [2.75, 3.05) is 6.61 Å². The lowest BCUT2D eigenvalue weighted by Crippen LogP contribution is -2.30. The topological polar surface area (TPSA) is 75.3 Å². The normalized spacial score (nSPS) is 12.2. The lowest BCUT2D eigenvalue weighted by atomic mass is 10.1. The van der Waals surface area contributed by atoms with Crippen LogP contribution in [0.4, 0.5) is 4.39 Å². The Hall–Kier alpha value is -1.11. The number of aliphatic hydroxyl groups is 1. The van der Waals surface area contributed by atoms with E-state index in [0.717, 1.165) is 0 Å². The number of nitrogens with two attached hydrogens (primary N) is 1. The summed E-state index contributed by atoms with van der Waals surface area (Å²) in [5, 5.41) is 9.02. The summed E-state index contributed by atoms with van der Waals surface area (Å²) in [5.41, 5.74) is 2.81. The van der Waals surface area contributed by atoms with E-state index in [4.69, 9.17) is 10.9 Å². The van der Waals surface area contributed by atoms with Gasteiger partial charge in [-0.25, -0.2) is 10.2 Å². The van der Waals surface area contributed by atoms with Crippen LogP contribution in [0.15, 0.2) is 18.2 Å². The number of nitrogen functional groups attached to an aromatic ring is 1. The first-order chi connectivity index (χ1) is 8.58. The summed E-state index contributed by atoms with van der Waals surface area (Å²) in [6.45, 7) is 2.08. The zero-order chi connectivity index (χ0) is 13.5. The summed E-state index contributed by atoms with van der Waals surface area (Å²) in [5.74, 6) is 4.70. The molecule has 0 aliphatic rings. The van der Waals surface area contributed by atoms with Crippen LogP contribution in [0.1, 0.15) is 29.3 Å². The molecule has 4 N–H and O–H groups in total. The third-order valence-corrected chi connectivity index (χ3v) is 3.78. The number of thioether (sulfide) groups is 1. The van der Waals surface area contributed by atoms with Crippen molar-refractivity contribution in [2.45, 2.75) is 24.3 Å². The van der Waals surface area contributed by atoms with E-state index in [1.54, 1.807) is 0 Å². The van der Waals surface area contributed by atoms with Crippen molar-refractivity contribution in [1.29, 1.82) is 0 Å². The number of carbonyl (C=O) groups is 1. The van der Waals surface area contributed by atoms with Gasteiger partial charge in [0, 0.05) is 23.2 Å². The smallest absolute Gasteiger partial charge is 0.265 e. The maximum Gasteiger partial charge on any atom is 0.265 e. The van der Waals surface area contributed by atoms with Gasteiger partial charge in [-0.1, -0.05) is 6.92 Å². The van der Waals surface area contributed by atoms with Crippen LogP contribution in [0.25, 0.3) is 0 Å². The minimum absolute atomic E-state index is 0.117. The Morgan fingerprint density at radius 2 is 2.33 bits per heavy atom. The Bertz CT molecular complexity index is 415. The summed E-state index contributed by atoms with van der Waals surface area (Å²) in [7, 11) is 0. The van der Waals surface area contributed by atoms with Crippen LogP contribution in [0.3, 0.4) is 0 Å². The van der Waals surface area contributed by atoms with Crippen LogP contribution in [-0.2, 0) is 5.75 Å². The molecule has 1 unspecified atom stereocenters. The van der Waals surface area contributed by atoms with Crippen molar-refractivity contribution < 1.29 is 14.3 Å². The number of nitrogens with one attached hydrogen (secondary N) is 1. The van der Waals surface area contributed by atoms with Gasteiger partial charge in [0.2, 0.25) is 0 Å². The van der Waals surface area contributed by atoms with Crippen LogP contribution in [-0.4, -0.2) is 22.9 Å². The lowest BCUT2D eigenvalue weighted by Gasteiger charge is -2.10. The van der Waals surface area contributed by atoms with Gasteiger partial charge in [-0.2, -0.15) is 11.8 Å². The average molecular weight is 272 g/mol. The van der Waals surface area contributed by atoms with E-state index in [1.807, 2.05) is 12.3 Å². The molecule has 4 nitrogen and oxygen atoms in total. The number of halogens is 1. The van der Waals surface area contributed by atoms with Crippen LogP contribution in [0.5, 0.6) is 0 Å². The molecule has 0 fully saturated rings. The van der Waals surface area contributed by atoms with E-state index in [2.05, 4.69) is 0 Å². The fraction of sp³-hybridized carbons (Fsp3) is 0.417. The van der Waals surface area contributed by atoms with E-state index >= 15 is 0 Å². The number of carbonyl (C=O) groups excluding carboxylic acids is 1. The Balaban J connectivity index is 2.72. The highest BCUT2D eigenvalue weighted by Crippen LogP contribution is 2.22. The van der Waals surface area contributed by atoms with Crippen molar-refractivity contribution in [1.82, 2.24) is 5.43 Å². The van der Waals surface area contributed by atoms with Crippen molar-refractivity contribution in [2.24, 2.45) is 5.84 Å². The number of benzene rings is 1. The minimum atomic E-state index is -0.440. The number of hydrogen-bond acceptors (Lipinski definition) is 4. The van der Waals surface area contributed by atoms with Gasteiger partial charge in [-0.15, -0.1) is 0 Å². The number of hydrazine groups is 1. The van der Waals surface area contributed by atoms with Crippen LogP contribution in [0.2, 0.25) is 0 Å². The van der Waals surface area contributed by atoms with E-state index in [0.29, 0.717) is 23.3 Å². The second-order valence-corrected chi connectivity index (χ2v) is 5.34. The van der Waals surface area contributed by atoms with Gasteiger partial charge in [0.15, 0.2) is 0 Å². The zero-order valence-corrected chi connectivity index (χ0v) is 11.0. The molecule has 1 aromatic carbocycles. The molecule has 0 radical (unpaired) electrons. The molecule has 0 saturated carbocycles. The molecular formula is C12H17FN2O2S. The maximum absolute atomic E-state index is 13.5. The molecule has 1 atom stereocenters. The van der Waals surface area contributed by atoms with Gasteiger partial charge >= 0.3 is 0 Å². The Morgan fingerprint density at radius 3 is 2.94 bits per heavy atom. The molecule has 100 valence electrons. The standard InChI is InChI=1S/C12H17FN2O2S/c1-8(4-5-16)18-7-10-6-9(12(17)15-14)2-3-11(10)13/h2-3,6,8,16H,4-5,7,14H2,1H3,(H,15,17). The van der Waals surface area contributed by atoms with Crippen LogP contribution >= 0.6 is 11.8 Å². The molecule has 0 aliphatic carbocycles. The highest BCUT2D eigenvalue weighted by molar-refractivity contribution is 7.99. The first kappa shape index (κ1) is 14.9. The third kappa shape index (κ3) is 4.29. The summed E-state index contributed by atoms with van der Waals surface area (Å²) in [4.78, 5) is 11.3. The van der Waals surface area contributed by atoms with Crippen molar-refractivity contribution in [3.05, 3.63) is 35.1 Å². The SMILES string of the molecule is CC(CCO)SCc1cc(C(=O)NN)ccc1F. The summed E-state index contributed by atoms with van der Waals surface area (Å²) < 4.78 is 13.5. The van der Waals surface area contributed by atoms with Gasteiger partial charge in [0.05, 0.1) is 0 Å². The fourth-order valence-electron chi connectivity index (χ4n) is 1.41. The summed E-state index contributed by atoms with van der Waals surface area (Å²) >= 11 is 1.53. The lowest BCUT2D eigenvalue weighted by molar-refractivity contribution is 0.0953. The average Bonchev–Trinajstić information content (AvgIpc) is 2.37. The van der Waals surface area contributed by atoms with Gasteiger partial charge in [0.1, 0.15) is 5.82 Å². The van der Waals surface area contributed by atoms with Gasteiger partial charge in [-0.3, -0.25) is 10.2 Å². The first-order valence-electron chi connectivity index (χ1n) is 5.60. The highest BCUT2D eigenvalue weighted by atomic mass is 32.2. The molecule has 18 heavy (non-hydrogen) atoms. The molecule has 0 heterocycles. The van der Waals surface area contributed by atoms with Crippen molar-refractivity contribution in [3.63, 3.8) is 0 Å². The molecular weight excluding hydrogens is 255 g/mol. The van der Waals surface area contributed by atoms with Gasteiger partial charge in [0.25, 0.3) is 5.91 Å². The molecule has 1 rings (SSSR count). The second-order valence-electron chi connectivity index (χ2n) is 3.91. The first-order valence-corrected chi connectivity index (χ1v) is 6.65. The molecule has 6 heteroatoms. The molecule has 0 saturated heterocycles. The van der Waals surface area contributed by atoms with E-state index in [9.17, 15) is 9.18 Å². The predicted molar refractivity (Wildman–Crippen MR) is 70.5 cm³/mol. The Morgan fingerprint density at radius 1 is 1.61 bits per heavy atom. The second kappa shape index (κ2) is 7.35. The maximum atomic E-state index is 13.5. The molecule has 1 aromatic rings. The largest absolute Gasteiger partial charge is 0.396 e. The minimum Gasteiger partial charge on any atom is -0.396 e. The Kier molecular flexibility index (Phi) is 6.11. The summed E-state index contributed by atoms with van der Waals surface area (Å²) in [6.07, 6.45) is 0.662. The number of aliphatic hydroxyl groups excluding tert-OH is 1. The molecule has 0 spiro atoms. The number of hydrogen-bond donors (Lipinski definition) is 3. The predicted octanol–water partition coefficient (Wildman–Crippen LogP) is 1.43. The van der Waals surface area contributed by atoms with E-state index in [-0.39, 0.29) is 17.7 Å².